The normalized spacial score (nSPS) is 10.5. The lowest BCUT2D eigenvalue weighted by molar-refractivity contribution is -0.135. The zero-order valence-corrected chi connectivity index (χ0v) is 13.8. The number of carbonyl (C=O) groups excluding carboxylic acids is 1. The number of hydrogen-bond acceptors (Lipinski definition) is 6. The van der Waals surface area contributed by atoms with Crippen LogP contribution in [0, 0.1) is 11.3 Å². The Labute approximate surface area is 146 Å². The van der Waals surface area contributed by atoms with Gasteiger partial charge in [-0.1, -0.05) is 24.3 Å². The number of para-hydroxylation sites is 1. The molecule has 0 spiro atoms. The Morgan fingerprint density at radius 2 is 1.76 bits per heavy atom. The molecule has 0 aromatic heterocycles. The average Bonchev–Trinajstić information content (AvgIpc) is 2.66. The largest absolute Gasteiger partial charge is 0.490 e. The summed E-state index contributed by atoms with van der Waals surface area (Å²) in [4.78, 5) is 11.3. The molecule has 0 heterocycles. The quantitative estimate of drug-likeness (QED) is 0.345. The maximum absolute atomic E-state index is 11.3. The van der Waals surface area contributed by atoms with E-state index in [1.165, 1.54) is 13.3 Å². The molecule has 2 aromatic rings. The highest BCUT2D eigenvalue weighted by Gasteiger charge is 2.07. The van der Waals surface area contributed by atoms with Crippen molar-refractivity contribution in [3.05, 3.63) is 66.4 Å². The number of carbonyl (C=O) groups is 1. The van der Waals surface area contributed by atoms with Gasteiger partial charge in [-0.15, -0.1) is 0 Å². The van der Waals surface area contributed by atoms with Crippen molar-refractivity contribution < 1.29 is 19.0 Å². The molecule has 25 heavy (non-hydrogen) atoms. The Morgan fingerprint density at radius 3 is 2.44 bits per heavy atom. The second kappa shape index (κ2) is 9.63. The van der Waals surface area contributed by atoms with E-state index in [0.29, 0.717) is 24.7 Å². The fourth-order valence-electron chi connectivity index (χ4n) is 1.91. The van der Waals surface area contributed by atoms with E-state index in [1.807, 2.05) is 36.4 Å². The van der Waals surface area contributed by atoms with Gasteiger partial charge in [0.05, 0.1) is 7.11 Å². The Morgan fingerprint density at radius 1 is 1.08 bits per heavy atom. The lowest BCUT2D eigenvalue weighted by Crippen LogP contribution is -2.09. The zero-order chi connectivity index (χ0) is 17.9. The van der Waals surface area contributed by atoms with Crippen LogP contribution in [0.1, 0.15) is 0 Å². The first-order chi connectivity index (χ1) is 12.2. The van der Waals surface area contributed by atoms with Crippen LogP contribution in [-0.2, 0) is 9.53 Å². The second-order valence-electron chi connectivity index (χ2n) is 4.84. The van der Waals surface area contributed by atoms with Crippen LogP contribution in [0.15, 0.2) is 66.4 Å². The SMILES string of the molecule is COC(=O)/C(C#N)=C/Nc1cccc(OCCOc2ccccc2)c1. The maximum Gasteiger partial charge on any atom is 0.350 e. The Hall–Kier alpha value is -3.46. The summed E-state index contributed by atoms with van der Waals surface area (Å²) >= 11 is 0. The number of nitrogens with zero attached hydrogens (tertiary/aromatic N) is 1. The molecule has 0 aliphatic carbocycles. The molecule has 128 valence electrons. The van der Waals surface area contributed by atoms with Crippen LogP contribution in [0.25, 0.3) is 0 Å². The molecule has 1 N–H and O–H groups in total. The van der Waals surface area contributed by atoms with E-state index < -0.39 is 5.97 Å². The molecule has 0 saturated heterocycles. The van der Waals surface area contributed by atoms with Gasteiger partial charge >= 0.3 is 5.97 Å². The molecule has 0 atom stereocenters. The van der Waals surface area contributed by atoms with Crippen LogP contribution < -0.4 is 14.8 Å². The molecule has 2 aromatic carbocycles. The van der Waals surface area contributed by atoms with E-state index in [0.717, 1.165) is 5.75 Å². The maximum atomic E-state index is 11.3. The van der Waals surface area contributed by atoms with Crippen molar-refractivity contribution >= 4 is 11.7 Å². The van der Waals surface area contributed by atoms with Crippen LogP contribution in [0.5, 0.6) is 11.5 Å². The van der Waals surface area contributed by atoms with Crippen LogP contribution >= 0.6 is 0 Å². The summed E-state index contributed by atoms with van der Waals surface area (Å²) in [7, 11) is 1.22. The average molecular weight is 338 g/mol. The second-order valence-corrected chi connectivity index (χ2v) is 4.84. The number of benzene rings is 2. The predicted molar refractivity (Wildman–Crippen MR) is 93.2 cm³/mol. The van der Waals surface area contributed by atoms with Crippen LogP contribution in [0.3, 0.4) is 0 Å². The molecule has 0 unspecified atom stereocenters. The van der Waals surface area contributed by atoms with Crippen LogP contribution in [0.2, 0.25) is 0 Å². The highest BCUT2D eigenvalue weighted by Crippen LogP contribution is 2.18. The van der Waals surface area contributed by atoms with Crippen LogP contribution in [0.4, 0.5) is 5.69 Å². The minimum atomic E-state index is -0.694. The molecule has 0 radical (unpaired) electrons. The number of hydrogen-bond donors (Lipinski definition) is 1. The van der Waals surface area contributed by atoms with Gasteiger partial charge in [0.1, 0.15) is 30.8 Å². The number of methoxy groups -OCH3 is 1. The molecule has 6 heteroatoms. The first-order valence-corrected chi connectivity index (χ1v) is 7.59. The van der Waals surface area contributed by atoms with Crippen molar-refractivity contribution in [1.29, 1.82) is 5.26 Å². The fraction of sp³-hybridized carbons (Fsp3) is 0.158. The summed E-state index contributed by atoms with van der Waals surface area (Å²) in [5.41, 5.74) is 0.559. The van der Waals surface area contributed by atoms with Gasteiger partial charge in [0.2, 0.25) is 0 Å². The van der Waals surface area contributed by atoms with Gasteiger partial charge in [-0.05, 0) is 24.3 Å². The van der Waals surface area contributed by atoms with Gasteiger partial charge in [-0.3, -0.25) is 0 Å². The summed E-state index contributed by atoms with van der Waals surface area (Å²) in [6.45, 7) is 0.808. The number of esters is 1. The smallest absolute Gasteiger partial charge is 0.350 e. The molecule has 0 aliphatic heterocycles. The molecule has 0 fully saturated rings. The Balaban J connectivity index is 1.85. The number of ether oxygens (including phenoxy) is 3. The van der Waals surface area contributed by atoms with Gasteiger partial charge < -0.3 is 19.5 Å². The summed E-state index contributed by atoms with van der Waals surface area (Å²) in [6, 6.07) is 18.4. The summed E-state index contributed by atoms with van der Waals surface area (Å²) < 4.78 is 15.7. The standard InChI is InChI=1S/C19H18N2O4/c1-23-19(22)15(13-20)14-21-16-6-5-9-18(12-16)25-11-10-24-17-7-3-2-4-8-17/h2-9,12,14,21H,10-11H2,1H3/b15-14+. The predicted octanol–water partition coefficient (Wildman–Crippen LogP) is 3.14. The first kappa shape index (κ1) is 17.9. The lowest BCUT2D eigenvalue weighted by atomic mass is 10.3. The van der Waals surface area contributed by atoms with Gasteiger partial charge in [0.25, 0.3) is 0 Å². The summed E-state index contributed by atoms with van der Waals surface area (Å²) in [6.07, 6.45) is 1.30. The number of rotatable bonds is 8. The number of anilines is 1. The fourth-order valence-corrected chi connectivity index (χ4v) is 1.91. The highest BCUT2D eigenvalue weighted by atomic mass is 16.5. The lowest BCUT2D eigenvalue weighted by Gasteiger charge is -2.09. The van der Waals surface area contributed by atoms with Crippen LogP contribution in [-0.4, -0.2) is 26.3 Å². The van der Waals surface area contributed by atoms with E-state index >= 15 is 0 Å². The van der Waals surface area contributed by atoms with Crippen molar-refractivity contribution in [3.8, 4) is 17.6 Å². The molecular formula is C19H18N2O4. The molecule has 6 nitrogen and oxygen atoms in total. The monoisotopic (exact) mass is 338 g/mol. The highest BCUT2D eigenvalue weighted by molar-refractivity contribution is 5.93. The van der Waals surface area contributed by atoms with Gasteiger partial charge in [0, 0.05) is 18.0 Å². The molecule has 0 amide bonds. The topological polar surface area (TPSA) is 80.6 Å². The van der Waals surface area contributed by atoms with E-state index in [4.69, 9.17) is 14.7 Å². The molecule has 0 bridgehead atoms. The Bertz CT molecular complexity index is 766. The third-order valence-corrected chi connectivity index (χ3v) is 3.11. The van der Waals surface area contributed by atoms with Crippen molar-refractivity contribution in [3.63, 3.8) is 0 Å². The molecular weight excluding hydrogens is 320 g/mol. The molecule has 2 rings (SSSR count). The third-order valence-electron chi connectivity index (χ3n) is 3.11. The minimum Gasteiger partial charge on any atom is -0.490 e. The first-order valence-electron chi connectivity index (χ1n) is 7.59. The van der Waals surface area contributed by atoms with E-state index in [9.17, 15) is 4.79 Å². The van der Waals surface area contributed by atoms with Crippen molar-refractivity contribution in [2.45, 2.75) is 0 Å². The molecule has 0 saturated carbocycles. The van der Waals surface area contributed by atoms with E-state index in [-0.39, 0.29) is 5.57 Å². The summed E-state index contributed by atoms with van der Waals surface area (Å²) in [5, 5.41) is 11.8. The van der Waals surface area contributed by atoms with Gasteiger partial charge in [0.15, 0.2) is 5.57 Å². The number of nitrogens with one attached hydrogen (secondary N) is 1. The Kier molecular flexibility index (Phi) is 6.89. The van der Waals surface area contributed by atoms with Crippen molar-refractivity contribution in [2.75, 3.05) is 25.6 Å². The minimum absolute atomic E-state index is 0.120. The number of nitriles is 1. The van der Waals surface area contributed by atoms with Crippen molar-refractivity contribution in [2.24, 2.45) is 0 Å². The van der Waals surface area contributed by atoms with Gasteiger partial charge in [-0.2, -0.15) is 5.26 Å². The molecule has 0 aliphatic rings. The third kappa shape index (κ3) is 5.92. The summed E-state index contributed by atoms with van der Waals surface area (Å²) in [5.74, 6) is 0.741. The van der Waals surface area contributed by atoms with E-state index in [2.05, 4.69) is 10.1 Å². The van der Waals surface area contributed by atoms with Crippen molar-refractivity contribution in [1.82, 2.24) is 0 Å². The van der Waals surface area contributed by atoms with Gasteiger partial charge in [-0.25, -0.2) is 4.79 Å². The van der Waals surface area contributed by atoms with E-state index in [1.54, 1.807) is 24.3 Å². The zero-order valence-electron chi connectivity index (χ0n) is 13.8.